The number of hydrogen-bond acceptors (Lipinski definition) is 7. The van der Waals surface area contributed by atoms with E-state index in [2.05, 4.69) is 30.8 Å². The molecule has 3 aromatic heterocycles. The summed E-state index contributed by atoms with van der Waals surface area (Å²) in [6.07, 6.45) is 2.78. The minimum Gasteiger partial charge on any atom is -0.382 e. The number of fused-ring (bicyclic) bond motifs is 1. The molecule has 0 spiro atoms. The fourth-order valence-corrected chi connectivity index (χ4v) is 3.39. The van der Waals surface area contributed by atoms with Gasteiger partial charge in [0.2, 0.25) is 0 Å². The summed E-state index contributed by atoms with van der Waals surface area (Å²) in [6.45, 7) is 0. The topological polar surface area (TPSA) is 111 Å². The Bertz CT molecular complexity index is 1230. The fourth-order valence-electron chi connectivity index (χ4n) is 3.39. The van der Waals surface area contributed by atoms with Crippen molar-refractivity contribution in [1.29, 1.82) is 0 Å². The summed E-state index contributed by atoms with van der Waals surface area (Å²) in [5.41, 5.74) is 6.83. The molecule has 0 aliphatic heterocycles. The van der Waals surface area contributed by atoms with E-state index in [9.17, 15) is 13.2 Å². The van der Waals surface area contributed by atoms with Crippen LogP contribution < -0.4 is 16.4 Å². The number of rotatable bonds is 5. The normalized spacial score (nSPS) is 14.5. The van der Waals surface area contributed by atoms with Crippen molar-refractivity contribution >= 4 is 28.7 Å². The highest BCUT2D eigenvalue weighted by Gasteiger charge is 2.31. The highest BCUT2D eigenvalue weighted by Crippen LogP contribution is 2.34. The van der Waals surface area contributed by atoms with Crippen molar-refractivity contribution in [3.8, 4) is 5.69 Å². The molecule has 0 bridgehead atoms. The Balaban J connectivity index is 1.55. The first kappa shape index (κ1) is 19.2. The van der Waals surface area contributed by atoms with Crippen molar-refractivity contribution in [3.05, 3.63) is 48.7 Å². The Kier molecular flexibility index (Phi) is 4.41. The summed E-state index contributed by atoms with van der Waals surface area (Å²) in [7, 11) is 0. The van der Waals surface area contributed by atoms with Crippen molar-refractivity contribution in [2.75, 3.05) is 16.4 Å². The van der Waals surface area contributed by atoms with Crippen LogP contribution in [0.4, 0.5) is 36.2 Å². The van der Waals surface area contributed by atoms with Gasteiger partial charge in [-0.15, -0.1) is 5.10 Å². The zero-order valence-corrected chi connectivity index (χ0v) is 16.1. The smallest absolute Gasteiger partial charge is 0.382 e. The molecule has 1 fully saturated rings. The minimum absolute atomic E-state index is 0.195. The van der Waals surface area contributed by atoms with E-state index in [0.717, 1.165) is 31.4 Å². The maximum absolute atomic E-state index is 13.5. The van der Waals surface area contributed by atoms with E-state index in [0.29, 0.717) is 29.0 Å². The Morgan fingerprint density at radius 3 is 2.65 bits per heavy atom. The van der Waals surface area contributed by atoms with Gasteiger partial charge in [-0.25, -0.2) is 14.6 Å². The second-order valence-electron chi connectivity index (χ2n) is 7.37. The average Bonchev–Trinajstić information content (AvgIpc) is 3.35. The van der Waals surface area contributed by atoms with E-state index in [4.69, 9.17) is 5.73 Å². The Hall–Kier alpha value is -3.83. The van der Waals surface area contributed by atoms with Crippen molar-refractivity contribution < 1.29 is 13.2 Å². The molecule has 0 atom stereocenters. The zero-order chi connectivity index (χ0) is 21.6. The summed E-state index contributed by atoms with van der Waals surface area (Å²) in [5, 5.41) is 14.7. The molecule has 12 heteroatoms. The molecule has 3 heterocycles. The number of halogens is 3. The van der Waals surface area contributed by atoms with Crippen molar-refractivity contribution in [2.24, 2.45) is 0 Å². The van der Waals surface area contributed by atoms with E-state index < -0.39 is 11.7 Å². The van der Waals surface area contributed by atoms with E-state index in [-0.39, 0.29) is 11.4 Å². The predicted molar refractivity (Wildman–Crippen MR) is 108 cm³/mol. The molecule has 1 aliphatic rings. The molecule has 0 saturated heterocycles. The van der Waals surface area contributed by atoms with Gasteiger partial charge in [-0.1, -0.05) is 0 Å². The van der Waals surface area contributed by atoms with E-state index in [1.54, 1.807) is 6.07 Å². The number of hydrogen-bond donors (Lipinski definition) is 3. The minimum atomic E-state index is -4.53. The summed E-state index contributed by atoms with van der Waals surface area (Å²) in [4.78, 5) is 8.09. The number of benzene rings is 1. The second-order valence-corrected chi connectivity index (χ2v) is 7.37. The van der Waals surface area contributed by atoms with Gasteiger partial charge in [0.1, 0.15) is 18.5 Å². The quantitative estimate of drug-likeness (QED) is 0.444. The first-order valence-electron chi connectivity index (χ1n) is 9.62. The van der Waals surface area contributed by atoms with Gasteiger partial charge in [0, 0.05) is 17.8 Å². The average molecular weight is 429 g/mol. The Labute approximate surface area is 174 Å². The number of nitrogens with two attached hydrogens (primary N) is 1. The van der Waals surface area contributed by atoms with Crippen LogP contribution in [0.1, 0.15) is 24.8 Å². The van der Waals surface area contributed by atoms with Gasteiger partial charge in [-0.3, -0.25) is 0 Å². The summed E-state index contributed by atoms with van der Waals surface area (Å²) in [6, 6.07) is 5.60. The summed E-state index contributed by atoms with van der Waals surface area (Å²) >= 11 is 0. The Morgan fingerprint density at radius 2 is 1.97 bits per heavy atom. The molecule has 5 rings (SSSR count). The van der Waals surface area contributed by atoms with Gasteiger partial charge < -0.3 is 16.4 Å². The Morgan fingerprint density at radius 1 is 1.13 bits per heavy atom. The second kappa shape index (κ2) is 7.15. The standard InChI is InChI=1S/C19H18F3N9/c20-19(21,22)11-4-13(6-14(5-11)30-10-24-9-26-30)28-17-7-15(27-12-2-1-3-12)18-25-8-16(23)31(18)29-17/h4-10,12,27H,1-3,23H2,(H,28,29). The third kappa shape index (κ3) is 3.71. The van der Waals surface area contributed by atoms with Crippen LogP contribution in [0.15, 0.2) is 43.1 Å². The van der Waals surface area contributed by atoms with Gasteiger partial charge in [-0.05, 0) is 37.5 Å². The summed E-state index contributed by atoms with van der Waals surface area (Å²) < 4.78 is 43.1. The number of alkyl halides is 3. The molecule has 9 nitrogen and oxygen atoms in total. The molecule has 4 N–H and O–H groups in total. The van der Waals surface area contributed by atoms with Gasteiger partial charge in [0.25, 0.3) is 0 Å². The summed E-state index contributed by atoms with van der Waals surface area (Å²) in [5.74, 6) is 0.644. The number of aromatic nitrogens is 6. The highest BCUT2D eigenvalue weighted by molar-refractivity contribution is 5.74. The number of nitrogen functional groups attached to an aromatic ring is 1. The molecule has 1 aromatic carbocycles. The number of anilines is 4. The first-order chi connectivity index (χ1) is 14.9. The molecule has 1 aliphatic carbocycles. The van der Waals surface area contributed by atoms with E-state index in [1.165, 1.54) is 34.1 Å². The van der Waals surface area contributed by atoms with Crippen LogP contribution in [0.3, 0.4) is 0 Å². The predicted octanol–water partition coefficient (Wildman–Crippen LogP) is 3.62. The SMILES string of the molecule is Nc1cnc2c(NC3CCC3)cc(Nc3cc(-n4cncn4)cc(C(F)(F)F)c3)nn12. The number of imidazole rings is 1. The molecule has 0 unspecified atom stereocenters. The lowest BCUT2D eigenvalue weighted by Crippen LogP contribution is -2.27. The zero-order valence-electron chi connectivity index (χ0n) is 16.1. The van der Waals surface area contributed by atoms with Crippen molar-refractivity contribution in [1.82, 2.24) is 29.4 Å². The first-order valence-corrected chi connectivity index (χ1v) is 9.62. The van der Waals surface area contributed by atoms with Gasteiger partial charge >= 0.3 is 6.18 Å². The molecule has 0 amide bonds. The van der Waals surface area contributed by atoms with Crippen molar-refractivity contribution in [2.45, 2.75) is 31.5 Å². The third-order valence-electron chi connectivity index (χ3n) is 5.16. The van der Waals surface area contributed by atoms with E-state index >= 15 is 0 Å². The third-order valence-corrected chi connectivity index (χ3v) is 5.16. The van der Waals surface area contributed by atoms with Crippen LogP contribution in [-0.4, -0.2) is 35.4 Å². The van der Waals surface area contributed by atoms with Crippen LogP contribution in [0, 0.1) is 0 Å². The van der Waals surface area contributed by atoms with Gasteiger partial charge in [0.15, 0.2) is 11.5 Å². The molecule has 31 heavy (non-hydrogen) atoms. The molecule has 160 valence electrons. The van der Waals surface area contributed by atoms with Crippen LogP contribution in [0.2, 0.25) is 0 Å². The van der Waals surface area contributed by atoms with E-state index in [1.807, 2.05) is 0 Å². The highest BCUT2D eigenvalue weighted by atomic mass is 19.4. The fraction of sp³-hybridized carbons (Fsp3) is 0.263. The number of nitrogens with zero attached hydrogens (tertiary/aromatic N) is 6. The van der Waals surface area contributed by atoms with Crippen molar-refractivity contribution in [3.63, 3.8) is 0 Å². The molecule has 1 saturated carbocycles. The van der Waals surface area contributed by atoms with Crippen LogP contribution in [0.25, 0.3) is 11.3 Å². The largest absolute Gasteiger partial charge is 0.416 e. The van der Waals surface area contributed by atoms with Crippen LogP contribution >= 0.6 is 0 Å². The molecular weight excluding hydrogens is 411 g/mol. The molecule has 4 aromatic rings. The lowest BCUT2D eigenvalue weighted by Gasteiger charge is -2.27. The van der Waals surface area contributed by atoms with Gasteiger partial charge in [-0.2, -0.15) is 22.8 Å². The molecular formula is C19H18F3N9. The van der Waals surface area contributed by atoms with Crippen LogP contribution in [0.5, 0.6) is 0 Å². The lowest BCUT2D eigenvalue weighted by atomic mass is 9.93. The monoisotopic (exact) mass is 429 g/mol. The maximum atomic E-state index is 13.5. The number of nitrogens with one attached hydrogen (secondary N) is 2. The lowest BCUT2D eigenvalue weighted by molar-refractivity contribution is -0.137. The molecule has 0 radical (unpaired) electrons. The van der Waals surface area contributed by atoms with Gasteiger partial charge in [0.05, 0.1) is 23.1 Å². The maximum Gasteiger partial charge on any atom is 0.416 e. The van der Waals surface area contributed by atoms with Crippen LogP contribution in [-0.2, 0) is 6.18 Å².